The lowest BCUT2D eigenvalue weighted by molar-refractivity contribution is 1.41. The number of hydrogen-bond donors (Lipinski definition) is 0. The van der Waals surface area contributed by atoms with E-state index >= 15 is 0 Å². The predicted molar refractivity (Wildman–Crippen MR) is 93.7 cm³/mol. The van der Waals surface area contributed by atoms with Crippen molar-refractivity contribution in [2.75, 3.05) is 0 Å². The second kappa shape index (κ2) is 5.34. The summed E-state index contributed by atoms with van der Waals surface area (Å²) in [4.78, 5) is 6.96. The highest BCUT2D eigenvalue weighted by atomic mass is 35.5. The van der Waals surface area contributed by atoms with Gasteiger partial charge in [-0.3, -0.25) is 0 Å². The average molecular weight is 328 g/mol. The SMILES string of the molecule is ClC1=C/C(=C\c2nc3ccccc3s2)Sc2ccccc21. The molecule has 0 saturated carbocycles. The first-order chi connectivity index (χ1) is 10.3. The van der Waals surface area contributed by atoms with Crippen molar-refractivity contribution in [1.29, 1.82) is 0 Å². The molecule has 1 aliphatic heterocycles. The molecule has 0 spiro atoms. The Morgan fingerprint density at radius 1 is 1.00 bits per heavy atom. The predicted octanol–water partition coefficient (Wildman–Crippen LogP) is 6.02. The van der Waals surface area contributed by atoms with Crippen LogP contribution >= 0.6 is 34.7 Å². The molecular formula is C17H10ClNS2. The number of allylic oxidation sites excluding steroid dienone is 1. The molecule has 0 saturated heterocycles. The Morgan fingerprint density at radius 3 is 2.71 bits per heavy atom. The summed E-state index contributed by atoms with van der Waals surface area (Å²) in [7, 11) is 0. The van der Waals surface area contributed by atoms with Crippen LogP contribution < -0.4 is 0 Å². The quantitative estimate of drug-likeness (QED) is 0.541. The van der Waals surface area contributed by atoms with E-state index in [-0.39, 0.29) is 0 Å². The molecular weight excluding hydrogens is 318 g/mol. The number of benzene rings is 2. The van der Waals surface area contributed by atoms with Gasteiger partial charge in [0.05, 0.1) is 15.2 Å². The standard InChI is InChI=1S/C17H10ClNS2/c18-13-9-11(20-15-7-3-1-5-12(13)15)10-17-19-14-6-2-4-8-16(14)21-17/h1-10H/b11-10+. The maximum Gasteiger partial charge on any atom is 0.118 e. The van der Waals surface area contributed by atoms with Gasteiger partial charge in [-0.05, 0) is 30.4 Å². The smallest absolute Gasteiger partial charge is 0.118 e. The van der Waals surface area contributed by atoms with Gasteiger partial charge in [0.15, 0.2) is 0 Å². The molecule has 102 valence electrons. The Labute approximate surface area is 136 Å². The molecule has 1 aromatic heterocycles. The fourth-order valence-corrected chi connectivity index (χ4v) is 4.69. The van der Waals surface area contributed by atoms with Crippen LogP contribution in [0.2, 0.25) is 0 Å². The second-order valence-electron chi connectivity index (χ2n) is 4.66. The third-order valence-electron chi connectivity index (χ3n) is 3.22. The highest BCUT2D eigenvalue weighted by Crippen LogP contribution is 2.42. The zero-order valence-electron chi connectivity index (χ0n) is 10.9. The van der Waals surface area contributed by atoms with E-state index in [1.165, 1.54) is 9.60 Å². The number of para-hydroxylation sites is 1. The van der Waals surface area contributed by atoms with Gasteiger partial charge in [-0.25, -0.2) is 4.98 Å². The van der Waals surface area contributed by atoms with Crippen LogP contribution in [0.15, 0.2) is 64.4 Å². The number of hydrogen-bond acceptors (Lipinski definition) is 3. The van der Waals surface area contributed by atoms with E-state index < -0.39 is 0 Å². The van der Waals surface area contributed by atoms with Gasteiger partial charge < -0.3 is 0 Å². The van der Waals surface area contributed by atoms with E-state index in [1.54, 1.807) is 23.1 Å². The Balaban J connectivity index is 1.76. The number of fused-ring (bicyclic) bond motifs is 2. The maximum atomic E-state index is 6.38. The van der Waals surface area contributed by atoms with Crippen LogP contribution in [0.5, 0.6) is 0 Å². The number of thiazole rings is 1. The molecule has 3 aromatic rings. The summed E-state index contributed by atoms with van der Waals surface area (Å²) in [5, 5.41) is 1.80. The van der Waals surface area contributed by atoms with Crippen LogP contribution in [-0.4, -0.2) is 4.98 Å². The number of rotatable bonds is 1. The van der Waals surface area contributed by atoms with Crippen LogP contribution in [0, 0.1) is 0 Å². The summed E-state index contributed by atoms with van der Waals surface area (Å²) in [5.41, 5.74) is 2.15. The summed E-state index contributed by atoms with van der Waals surface area (Å²) in [5.74, 6) is 0. The van der Waals surface area contributed by atoms with E-state index in [2.05, 4.69) is 29.3 Å². The number of thioether (sulfide) groups is 1. The molecule has 0 N–H and O–H groups in total. The van der Waals surface area contributed by atoms with Crippen molar-refractivity contribution >= 4 is 56.0 Å². The summed E-state index contributed by atoms with van der Waals surface area (Å²) in [6.45, 7) is 0. The summed E-state index contributed by atoms with van der Waals surface area (Å²) in [6, 6.07) is 16.4. The van der Waals surface area contributed by atoms with Crippen molar-refractivity contribution in [1.82, 2.24) is 4.98 Å². The molecule has 0 fully saturated rings. The van der Waals surface area contributed by atoms with Gasteiger partial charge in [0.25, 0.3) is 0 Å². The summed E-state index contributed by atoms with van der Waals surface area (Å²) >= 11 is 9.81. The molecule has 0 atom stereocenters. The highest BCUT2D eigenvalue weighted by molar-refractivity contribution is 8.03. The normalized spacial score (nSPS) is 16.0. The third kappa shape index (κ3) is 2.53. The molecule has 0 radical (unpaired) electrons. The molecule has 4 heteroatoms. The molecule has 21 heavy (non-hydrogen) atoms. The minimum Gasteiger partial charge on any atom is -0.237 e. The van der Waals surface area contributed by atoms with E-state index in [1.807, 2.05) is 36.4 Å². The van der Waals surface area contributed by atoms with Crippen molar-refractivity contribution in [2.45, 2.75) is 4.90 Å². The lowest BCUT2D eigenvalue weighted by Crippen LogP contribution is -1.89. The van der Waals surface area contributed by atoms with Crippen molar-refractivity contribution in [3.8, 4) is 0 Å². The zero-order chi connectivity index (χ0) is 14.2. The fraction of sp³-hybridized carbons (Fsp3) is 0. The van der Waals surface area contributed by atoms with Crippen molar-refractivity contribution < 1.29 is 0 Å². The van der Waals surface area contributed by atoms with Crippen LogP contribution in [0.25, 0.3) is 21.3 Å². The maximum absolute atomic E-state index is 6.38. The van der Waals surface area contributed by atoms with Crippen LogP contribution in [0.3, 0.4) is 0 Å². The molecule has 1 aliphatic rings. The molecule has 0 bridgehead atoms. The lowest BCUT2D eigenvalue weighted by Gasteiger charge is -2.14. The van der Waals surface area contributed by atoms with Gasteiger partial charge in [0.1, 0.15) is 5.01 Å². The van der Waals surface area contributed by atoms with E-state index in [0.29, 0.717) is 0 Å². The Hall–Kier alpha value is -1.55. The average Bonchev–Trinajstić information content (AvgIpc) is 2.89. The third-order valence-corrected chi connectivity index (χ3v) is 5.56. The molecule has 0 aliphatic carbocycles. The first-order valence-electron chi connectivity index (χ1n) is 6.51. The van der Waals surface area contributed by atoms with Gasteiger partial charge in [-0.2, -0.15) is 0 Å². The van der Waals surface area contributed by atoms with E-state index in [0.717, 1.165) is 26.0 Å². The highest BCUT2D eigenvalue weighted by Gasteiger charge is 2.14. The van der Waals surface area contributed by atoms with Crippen LogP contribution in [-0.2, 0) is 0 Å². The first kappa shape index (κ1) is 13.1. The second-order valence-corrected chi connectivity index (χ2v) is 7.24. The zero-order valence-corrected chi connectivity index (χ0v) is 13.3. The molecule has 4 rings (SSSR count). The molecule has 0 unspecified atom stereocenters. The number of nitrogens with zero attached hydrogens (tertiary/aromatic N) is 1. The summed E-state index contributed by atoms with van der Waals surface area (Å²) in [6.07, 6.45) is 4.12. The lowest BCUT2D eigenvalue weighted by atomic mass is 10.2. The van der Waals surface area contributed by atoms with Gasteiger partial charge in [-0.15, -0.1) is 11.3 Å². The first-order valence-corrected chi connectivity index (χ1v) is 8.52. The molecule has 1 nitrogen and oxygen atoms in total. The fourth-order valence-electron chi connectivity index (χ4n) is 2.26. The summed E-state index contributed by atoms with van der Waals surface area (Å²) < 4.78 is 1.21. The van der Waals surface area contributed by atoms with Crippen molar-refractivity contribution in [3.05, 3.63) is 70.1 Å². The Kier molecular flexibility index (Phi) is 3.34. The monoisotopic (exact) mass is 327 g/mol. The van der Waals surface area contributed by atoms with Gasteiger partial charge in [0.2, 0.25) is 0 Å². The van der Waals surface area contributed by atoms with E-state index in [9.17, 15) is 0 Å². The van der Waals surface area contributed by atoms with Crippen molar-refractivity contribution in [3.63, 3.8) is 0 Å². The van der Waals surface area contributed by atoms with Crippen molar-refractivity contribution in [2.24, 2.45) is 0 Å². The Bertz CT molecular complexity index is 859. The number of aromatic nitrogens is 1. The van der Waals surface area contributed by atoms with Gasteiger partial charge in [-0.1, -0.05) is 53.7 Å². The largest absolute Gasteiger partial charge is 0.237 e. The minimum absolute atomic E-state index is 0.789. The number of halogens is 1. The topological polar surface area (TPSA) is 12.9 Å². The molecule has 0 amide bonds. The molecule has 2 aromatic carbocycles. The minimum atomic E-state index is 0.789. The van der Waals surface area contributed by atoms with E-state index in [4.69, 9.17) is 11.6 Å². The molecule has 2 heterocycles. The van der Waals surface area contributed by atoms with Gasteiger partial charge in [0, 0.05) is 15.4 Å². The van der Waals surface area contributed by atoms with Gasteiger partial charge >= 0.3 is 0 Å². The Morgan fingerprint density at radius 2 is 1.81 bits per heavy atom. The van der Waals surface area contributed by atoms with Crippen LogP contribution in [0.1, 0.15) is 10.6 Å². The van der Waals surface area contributed by atoms with Crippen LogP contribution in [0.4, 0.5) is 0 Å².